The Morgan fingerprint density at radius 2 is 1.26 bits per heavy atom. The lowest BCUT2D eigenvalue weighted by atomic mass is 10.0. The van der Waals surface area contributed by atoms with E-state index in [4.69, 9.17) is 28.7 Å². The monoisotopic (exact) mass is 561 g/mol. The number of carboxylic acid groups (broad SMARTS) is 1. The maximum atomic E-state index is 13.2. The van der Waals surface area contributed by atoms with Gasteiger partial charge >= 0.3 is 5.97 Å². The molecule has 15 heteroatoms. The SMILES string of the molecule is CSCCC(NC(=O)C(CCCCN)NC(=O)C(CCCN=C(N)N)NC(=O)C(N)CCCCN)C(=O)O. The highest BCUT2D eigenvalue weighted by atomic mass is 32.2. The van der Waals surface area contributed by atoms with Gasteiger partial charge in [0.2, 0.25) is 17.7 Å². The number of thioether (sulfide) groups is 1. The Balaban J connectivity index is 5.56. The Kier molecular flexibility index (Phi) is 19.9. The van der Waals surface area contributed by atoms with E-state index in [1.54, 1.807) is 0 Å². The number of hydrogen-bond acceptors (Lipinski definition) is 9. The second-order valence-corrected chi connectivity index (χ2v) is 9.91. The lowest BCUT2D eigenvalue weighted by Crippen LogP contribution is -2.57. The number of carbonyl (C=O) groups is 4. The fourth-order valence-corrected chi connectivity index (χ4v) is 3.96. The van der Waals surface area contributed by atoms with Gasteiger partial charge in [0.25, 0.3) is 0 Å². The minimum Gasteiger partial charge on any atom is -0.480 e. The van der Waals surface area contributed by atoms with Gasteiger partial charge in [0.05, 0.1) is 6.04 Å². The number of unbranched alkanes of at least 4 members (excludes halogenated alkanes) is 2. The van der Waals surface area contributed by atoms with Crippen molar-refractivity contribution in [1.29, 1.82) is 0 Å². The van der Waals surface area contributed by atoms with Crippen molar-refractivity contribution in [1.82, 2.24) is 16.0 Å². The van der Waals surface area contributed by atoms with Crippen LogP contribution in [-0.4, -0.2) is 90.6 Å². The van der Waals surface area contributed by atoms with Crippen molar-refractivity contribution in [3.8, 4) is 0 Å². The number of amides is 3. The van der Waals surface area contributed by atoms with E-state index in [0.29, 0.717) is 50.9 Å². The van der Waals surface area contributed by atoms with Gasteiger partial charge in [-0.15, -0.1) is 0 Å². The highest BCUT2D eigenvalue weighted by Crippen LogP contribution is 2.08. The maximum absolute atomic E-state index is 13.2. The van der Waals surface area contributed by atoms with E-state index in [1.165, 1.54) is 11.8 Å². The third-order valence-electron chi connectivity index (χ3n) is 5.69. The van der Waals surface area contributed by atoms with E-state index in [9.17, 15) is 24.3 Å². The standard InChI is InChI=1S/C23H47N9O5S/c1-38-14-10-18(22(36)37)32-21(35)16(8-3-5-12-25)31-20(34)17(9-6-13-29-23(27)28)30-19(33)15(26)7-2-4-11-24/h15-18H,2-14,24-26H2,1H3,(H,30,33)(H,31,34)(H,32,35)(H,36,37)(H4,27,28,29). The van der Waals surface area contributed by atoms with Gasteiger partial charge < -0.3 is 49.7 Å². The Morgan fingerprint density at radius 3 is 1.76 bits per heavy atom. The van der Waals surface area contributed by atoms with Gasteiger partial charge in [-0.25, -0.2) is 4.79 Å². The smallest absolute Gasteiger partial charge is 0.326 e. The van der Waals surface area contributed by atoms with Crippen LogP contribution < -0.4 is 44.6 Å². The summed E-state index contributed by atoms with van der Waals surface area (Å²) in [5, 5.41) is 17.3. The molecular weight excluding hydrogens is 514 g/mol. The molecule has 0 rings (SSSR count). The zero-order chi connectivity index (χ0) is 28.9. The van der Waals surface area contributed by atoms with Crippen LogP contribution in [0.2, 0.25) is 0 Å². The summed E-state index contributed by atoms with van der Waals surface area (Å²) in [6.45, 7) is 1.12. The molecule has 14 nitrogen and oxygen atoms in total. The number of hydrogen-bond donors (Lipinski definition) is 9. The van der Waals surface area contributed by atoms with Crippen molar-refractivity contribution in [3.05, 3.63) is 0 Å². The molecule has 220 valence electrons. The predicted octanol–water partition coefficient (Wildman–Crippen LogP) is -2.08. The normalized spacial score (nSPS) is 14.0. The largest absolute Gasteiger partial charge is 0.480 e. The van der Waals surface area contributed by atoms with E-state index in [1.807, 2.05) is 6.26 Å². The Labute approximate surface area is 229 Å². The van der Waals surface area contributed by atoms with E-state index in [0.717, 1.165) is 6.42 Å². The second-order valence-electron chi connectivity index (χ2n) is 8.93. The first-order valence-corrected chi connectivity index (χ1v) is 14.3. The fourth-order valence-electron chi connectivity index (χ4n) is 3.49. The van der Waals surface area contributed by atoms with Crippen LogP contribution in [0.4, 0.5) is 0 Å². The van der Waals surface area contributed by atoms with Gasteiger partial charge in [0, 0.05) is 6.54 Å². The van der Waals surface area contributed by atoms with Crippen molar-refractivity contribution < 1.29 is 24.3 Å². The van der Waals surface area contributed by atoms with Crippen LogP contribution in [0.3, 0.4) is 0 Å². The van der Waals surface area contributed by atoms with Crippen LogP contribution in [0.5, 0.6) is 0 Å². The molecule has 14 N–H and O–H groups in total. The molecule has 0 saturated heterocycles. The number of aliphatic imine (C=N–C) groups is 1. The first-order valence-electron chi connectivity index (χ1n) is 12.9. The molecule has 0 aliphatic rings. The van der Waals surface area contributed by atoms with Crippen molar-refractivity contribution in [2.24, 2.45) is 33.7 Å². The summed E-state index contributed by atoms with van der Waals surface area (Å²) in [7, 11) is 0. The van der Waals surface area contributed by atoms with Gasteiger partial charge in [0.15, 0.2) is 5.96 Å². The lowest BCUT2D eigenvalue weighted by Gasteiger charge is -2.25. The van der Waals surface area contributed by atoms with Gasteiger partial charge in [-0.2, -0.15) is 11.8 Å². The van der Waals surface area contributed by atoms with Gasteiger partial charge in [-0.3, -0.25) is 19.4 Å². The molecule has 0 saturated carbocycles. The summed E-state index contributed by atoms with van der Waals surface area (Å²) in [5.41, 5.74) is 27.7. The quantitative estimate of drug-likeness (QED) is 0.0393. The molecule has 0 bridgehead atoms. The van der Waals surface area contributed by atoms with Crippen LogP contribution in [-0.2, 0) is 19.2 Å². The van der Waals surface area contributed by atoms with E-state index >= 15 is 0 Å². The molecule has 0 heterocycles. The van der Waals surface area contributed by atoms with Crippen LogP contribution >= 0.6 is 11.8 Å². The number of aliphatic carboxylic acids is 1. The zero-order valence-corrected chi connectivity index (χ0v) is 23.1. The molecule has 4 unspecified atom stereocenters. The summed E-state index contributed by atoms with van der Waals surface area (Å²) in [6.07, 6.45) is 5.81. The number of guanidine groups is 1. The fraction of sp³-hybridized carbons (Fsp3) is 0.783. The molecule has 38 heavy (non-hydrogen) atoms. The van der Waals surface area contributed by atoms with Crippen molar-refractivity contribution in [3.63, 3.8) is 0 Å². The van der Waals surface area contributed by atoms with Crippen LogP contribution in [0.15, 0.2) is 4.99 Å². The number of nitrogens with zero attached hydrogens (tertiary/aromatic N) is 1. The topological polar surface area (TPSA) is 267 Å². The molecule has 3 amide bonds. The average molecular weight is 562 g/mol. The van der Waals surface area contributed by atoms with Crippen molar-refractivity contribution in [2.75, 3.05) is 31.6 Å². The van der Waals surface area contributed by atoms with Crippen LogP contribution in [0, 0.1) is 0 Å². The molecule has 0 spiro atoms. The van der Waals surface area contributed by atoms with Crippen molar-refractivity contribution >= 4 is 41.4 Å². The van der Waals surface area contributed by atoms with Crippen LogP contribution in [0.25, 0.3) is 0 Å². The minimum absolute atomic E-state index is 0.0944. The summed E-state index contributed by atoms with van der Waals surface area (Å²) in [4.78, 5) is 54.4. The average Bonchev–Trinajstić information content (AvgIpc) is 2.87. The predicted molar refractivity (Wildman–Crippen MR) is 150 cm³/mol. The Bertz CT molecular complexity index is 753. The number of carbonyl (C=O) groups excluding carboxylic acids is 3. The minimum atomic E-state index is -1.16. The second kappa shape index (κ2) is 21.3. The van der Waals surface area contributed by atoms with Crippen LogP contribution in [0.1, 0.15) is 57.8 Å². The Morgan fingerprint density at radius 1 is 0.763 bits per heavy atom. The molecule has 0 aliphatic carbocycles. The highest BCUT2D eigenvalue weighted by molar-refractivity contribution is 7.98. The molecule has 4 atom stereocenters. The summed E-state index contributed by atoms with van der Waals surface area (Å²) in [6, 6.07) is -3.94. The molecule has 0 aromatic rings. The highest BCUT2D eigenvalue weighted by Gasteiger charge is 2.30. The van der Waals surface area contributed by atoms with Crippen molar-refractivity contribution in [2.45, 2.75) is 82.0 Å². The van der Waals surface area contributed by atoms with Gasteiger partial charge in [-0.05, 0) is 76.5 Å². The van der Waals surface area contributed by atoms with Gasteiger partial charge in [-0.1, -0.05) is 6.42 Å². The summed E-state index contributed by atoms with van der Waals surface area (Å²) >= 11 is 1.46. The summed E-state index contributed by atoms with van der Waals surface area (Å²) in [5.74, 6) is -2.43. The lowest BCUT2D eigenvalue weighted by molar-refractivity contribution is -0.142. The first kappa shape index (κ1) is 35.4. The number of carboxylic acids is 1. The molecule has 0 aromatic heterocycles. The third kappa shape index (κ3) is 16.3. The number of nitrogens with one attached hydrogen (secondary N) is 3. The number of rotatable bonds is 22. The van der Waals surface area contributed by atoms with E-state index in [2.05, 4.69) is 20.9 Å². The van der Waals surface area contributed by atoms with E-state index < -0.39 is 47.9 Å². The third-order valence-corrected chi connectivity index (χ3v) is 6.33. The molecular formula is C23H47N9O5S. The zero-order valence-electron chi connectivity index (χ0n) is 22.3. The number of nitrogens with two attached hydrogens (primary N) is 5. The molecule has 0 aliphatic heterocycles. The molecule has 0 aromatic carbocycles. The summed E-state index contributed by atoms with van der Waals surface area (Å²) < 4.78 is 0. The Hall–Kier alpha value is -2.62. The molecule has 0 fully saturated rings. The van der Waals surface area contributed by atoms with Gasteiger partial charge in [0.1, 0.15) is 18.1 Å². The first-order chi connectivity index (χ1) is 18.1. The van der Waals surface area contributed by atoms with E-state index in [-0.39, 0.29) is 31.8 Å². The maximum Gasteiger partial charge on any atom is 0.326 e. The molecule has 0 radical (unpaired) electrons.